The number of benzene rings is 2. The van der Waals surface area contributed by atoms with E-state index in [4.69, 9.17) is 11.6 Å². The molecule has 0 aliphatic heterocycles. The molecule has 0 atom stereocenters. The van der Waals surface area contributed by atoms with Gasteiger partial charge in [-0.2, -0.15) is 0 Å². The van der Waals surface area contributed by atoms with E-state index >= 15 is 0 Å². The molecule has 0 aliphatic rings. The fourth-order valence-electron chi connectivity index (χ4n) is 1.49. The average molecular weight is 333 g/mol. The molecule has 0 saturated heterocycles. The van der Waals surface area contributed by atoms with Crippen LogP contribution in [0.25, 0.3) is 0 Å². The van der Waals surface area contributed by atoms with Gasteiger partial charge in [0.15, 0.2) is 0 Å². The molecule has 0 saturated carbocycles. The van der Waals surface area contributed by atoms with Crippen molar-refractivity contribution in [2.45, 2.75) is 6.54 Å². The Labute approximate surface area is 117 Å². The smallest absolute Gasteiger partial charge is 0.149 e. The monoisotopic (exact) mass is 331 g/mol. The number of nitrogens with one attached hydrogen (secondary N) is 1. The van der Waals surface area contributed by atoms with Crippen LogP contribution >= 0.6 is 27.5 Å². The molecule has 0 spiro atoms. The minimum atomic E-state index is -0.611. The lowest BCUT2D eigenvalue weighted by atomic mass is 10.2. The summed E-state index contributed by atoms with van der Waals surface area (Å²) < 4.78 is 26.9. The zero-order valence-electron chi connectivity index (χ0n) is 9.18. The zero-order valence-corrected chi connectivity index (χ0v) is 11.5. The molecule has 2 rings (SSSR count). The van der Waals surface area contributed by atoms with Crippen LogP contribution in [0.5, 0.6) is 0 Å². The summed E-state index contributed by atoms with van der Waals surface area (Å²) in [5.74, 6) is -1.20. The summed E-state index contributed by atoms with van der Waals surface area (Å²) in [5, 5.41) is 3.53. The van der Waals surface area contributed by atoms with E-state index in [1.54, 1.807) is 12.1 Å². The summed E-state index contributed by atoms with van der Waals surface area (Å²) in [6, 6.07) is 8.78. The van der Waals surface area contributed by atoms with E-state index in [1.165, 1.54) is 12.1 Å². The van der Waals surface area contributed by atoms with Gasteiger partial charge >= 0.3 is 0 Å². The molecule has 0 radical (unpaired) electrons. The van der Waals surface area contributed by atoms with Gasteiger partial charge in [-0.15, -0.1) is 0 Å². The Morgan fingerprint density at radius 2 is 1.89 bits per heavy atom. The average Bonchev–Trinajstić information content (AvgIpc) is 2.30. The summed E-state index contributed by atoms with van der Waals surface area (Å²) in [6.07, 6.45) is 0. The van der Waals surface area contributed by atoms with E-state index in [-0.39, 0.29) is 5.69 Å². The molecule has 1 N–H and O–H groups in total. The predicted octanol–water partition coefficient (Wildman–Crippen LogP) is 4.99. The second-order valence-corrected chi connectivity index (χ2v) is 5.00. The molecule has 0 bridgehead atoms. The minimum absolute atomic E-state index is 0.262. The highest BCUT2D eigenvalue weighted by molar-refractivity contribution is 9.10. The van der Waals surface area contributed by atoms with Gasteiger partial charge in [0.05, 0.1) is 5.69 Å². The Morgan fingerprint density at radius 3 is 2.56 bits per heavy atom. The second kappa shape index (κ2) is 5.67. The standard InChI is InChI=1S/C13H9BrClF2N/c14-11-5-9(15)2-1-8(11)7-18-13-4-3-10(16)6-12(13)17/h1-6,18H,7H2. The molecule has 2 aromatic carbocycles. The fourth-order valence-corrected chi connectivity index (χ4v) is 2.31. The van der Waals surface area contributed by atoms with E-state index in [1.807, 2.05) is 6.07 Å². The zero-order chi connectivity index (χ0) is 13.1. The summed E-state index contributed by atoms with van der Waals surface area (Å²) in [4.78, 5) is 0. The van der Waals surface area contributed by atoms with Crippen LogP contribution in [0, 0.1) is 11.6 Å². The SMILES string of the molecule is Fc1ccc(NCc2ccc(Cl)cc2Br)c(F)c1. The van der Waals surface area contributed by atoms with Gasteiger partial charge in [0.1, 0.15) is 11.6 Å². The Bertz CT molecular complexity index is 523. The number of hydrogen-bond acceptors (Lipinski definition) is 1. The van der Waals surface area contributed by atoms with E-state index in [0.29, 0.717) is 11.6 Å². The molecule has 5 heteroatoms. The van der Waals surface area contributed by atoms with Crippen LogP contribution < -0.4 is 5.32 Å². The third kappa shape index (κ3) is 3.21. The van der Waals surface area contributed by atoms with Crippen molar-refractivity contribution in [3.63, 3.8) is 0 Å². The molecule has 1 nitrogen and oxygen atoms in total. The summed E-state index contributed by atoms with van der Waals surface area (Å²) in [6.45, 7) is 0.417. The lowest BCUT2D eigenvalue weighted by Crippen LogP contribution is -2.02. The van der Waals surface area contributed by atoms with Crippen molar-refractivity contribution in [2.75, 3.05) is 5.32 Å². The van der Waals surface area contributed by atoms with Crippen LogP contribution in [-0.2, 0) is 6.54 Å². The maximum absolute atomic E-state index is 13.4. The molecule has 18 heavy (non-hydrogen) atoms. The van der Waals surface area contributed by atoms with Crippen molar-refractivity contribution in [1.82, 2.24) is 0 Å². The number of halogens is 4. The summed E-state index contributed by atoms with van der Waals surface area (Å²) in [7, 11) is 0. The molecular weight excluding hydrogens is 324 g/mol. The van der Waals surface area contributed by atoms with E-state index in [9.17, 15) is 8.78 Å². The third-order valence-corrected chi connectivity index (χ3v) is 3.39. The molecule has 2 aromatic rings. The molecule has 0 heterocycles. The molecule has 0 aromatic heterocycles. The molecular formula is C13H9BrClF2N. The highest BCUT2D eigenvalue weighted by Crippen LogP contribution is 2.23. The maximum atomic E-state index is 13.4. The van der Waals surface area contributed by atoms with Gasteiger partial charge < -0.3 is 5.32 Å². The molecule has 0 unspecified atom stereocenters. The van der Waals surface area contributed by atoms with Crippen LogP contribution in [0.3, 0.4) is 0 Å². The number of rotatable bonds is 3. The Morgan fingerprint density at radius 1 is 1.11 bits per heavy atom. The summed E-state index contributed by atoms with van der Waals surface area (Å²) in [5.41, 5.74) is 1.20. The number of anilines is 1. The molecule has 0 amide bonds. The first-order valence-corrected chi connectivity index (χ1v) is 6.36. The Hall–Kier alpha value is -1.13. The van der Waals surface area contributed by atoms with Gasteiger partial charge in [0.2, 0.25) is 0 Å². The lowest BCUT2D eigenvalue weighted by Gasteiger charge is -2.09. The second-order valence-electron chi connectivity index (χ2n) is 3.71. The normalized spacial score (nSPS) is 10.4. The van der Waals surface area contributed by atoms with E-state index in [0.717, 1.165) is 16.1 Å². The van der Waals surface area contributed by atoms with Crippen molar-refractivity contribution in [3.8, 4) is 0 Å². The maximum Gasteiger partial charge on any atom is 0.149 e. The van der Waals surface area contributed by atoms with Gasteiger partial charge in [-0.05, 0) is 29.8 Å². The van der Waals surface area contributed by atoms with E-state index < -0.39 is 11.6 Å². The van der Waals surface area contributed by atoms with Crippen LogP contribution in [0.1, 0.15) is 5.56 Å². The van der Waals surface area contributed by atoms with Crippen LogP contribution in [0.4, 0.5) is 14.5 Å². The van der Waals surface area contributed by atoms with Crippen molar-refractivity contribution in [1.29, 1.82) is 0 Å². The van der Waals surface area contributed by atoms with E-state index in [2.05, 4.69) is 21.2 Å². The lowest BCUT2D eigenvalue weighted by molar-refractivity contribution is 0.585. The van der Waals surface area contributed by atoms with Gasteiger partial charge in [-0.25, -0.2) is 8.78 Å². The largest absolute Gasteiger partial charge is 0.379 e. The third-order valence-electron chi connectivity index (χ3n) is 2.42. The van der Waals surface area contributed by atoms with Crippen LogP contribution in [0.15, 0.2) is 40.9 Å². The Balaban J connectivity index is 2.11. The highest BCUT2D eigenvalue weighted by atomic mass is 79.9. The van der Waals surface area contributed by atoms with Crippen LogP contribution in [0.2, 0.25) is 5.02 Å². The number of hydrogen-bond donors (Lipinski definition) is 1. The van der Waals surface area contributed by atoms with Gasteiger partial charge in [-0.1, -0.05) is 33.6 Å². The van der Waals surface area contributed by atoms with Crippen molar-refractivity contribution in [3.05, 3.63) is 63.1 Å². The first-order chi connectivity index (χ1) is 8.56. The van der Waals surface area contributed by atoms with Gasteiger partial charge in [0, 0.05) is 22.1 Å². The summed E-state index contributed by atoms with van der Waals surface area (Å²) >= 11 is 9.20. The van der Waals surface area contributed by atoms with Gasteiger partial charge in [0.25, 0.3) is 0 Å². The quantitative estimate of drug-likeness (QED) is 0.834. The van der Waals surface area contributed by atoms with Crippen LogP contribution in [-0.4, -0.2) is 0 Å². The van der Waals surface area contributed by atoms with Crippen molar-refractivity contribution < 1.29 is 8.78 Å². The molecule has 0 fully saturated rings. The molecule has 94 valence electrons. The van der Waals surface area contributed by atoms with Crippen molar-refractivity contribution >= 4 is 33.2 Å². The van der Waals surface area contributed by atoms with Crippen molar-refractivity contribution in [2.24, 2.45) is 0 Å². The first-order valence-electron chi connectivity index (χ1n) is 5.19. The van der Waals surface area contributed by atoms with Gasteiger partial charge in [-0.3, -0.25) is 0 Å². The highest BCUT2D eigenvalue weighted by Gasteiger charge is 2.05. The predicted molar refractivity (Wildman–Crippen MR) is 72.8 cm³/mol. The Kier molecular flexibility index (Phi) is 4.19. The minimum Gasteiger partial charge on any atom is -0.379 e. The first kappa shape index (κ1) is 13.3. The molecule has 0 aliphatic carbocycles. The fraction of sp³-hybridized carbons (Fsp3) is 0.0769. The topological polar surface area (TPSA) is 12.0 Å².